The van der Waals surface area contributed by atoms with Gasteiger partial charge in [-0.15, -0.1) is 0 Å². The van der Waals surface area contributed by atoms with Crippen LogP contribution < -0.4 is 9.47 Å². The molecule has 0 aliphatic heterocycles. The average Bonchev–Trinajstić information content (AvgIpc) is 2.84. The number of esters is 2. The van der Waals surface area contributed by atoms with Crippen molar-refractivity contribution in [1.29, 1.82) is 0 Å². The molecule has 0 atom stereocenters. The van der Waals surface area contributed by atoms with Crippen molar-refractivity contribution in [3.63, 3.8) is 0 Å². The number of phenols is 1. The van der Waals surface area contributed by atoms with Crippen LogP contribution in [0.15, 0.2) is 97.1 Å². The number of carbonyl (C=O) groups is 2. The number of rotatable bonds is 4. The molecule has 0 spiro atoms. The van der Waals surface area contributed by atoms with Crippen molar-refractivity contribution < 1.29 is 24.2 Å². The lowest BCUT2D eigenvalue weighted by atomic mass is 10.1. The summed E-state index contributed by atoms with van der Waals surface area (Å²) in [5, 5.41) is 12.9. The minimum atomic E-state index is -0.479. The van der Waals surface area contributed by atoms with E-state index in [0.717, 1.165) is 27.1 Å². The molecule has 0 aromatic heterocycles. The second-order valence-corrected chi connectivity index (χ2v) is 8.06. The van der Waals surface area contributed by atoms with Crippen LogP contribution >= 0.6 is 0 Å². The Kier molecular flexibility index (Phi) is 5.44. The molecule has 0 fully saturated rings. The van der Waals surface area contributed by atoms with Gasteiger partial charge in [0.05, 0.1) is 11.1 Å². The topological polar surface area (TPSA) is 72.8 Å². The number of fused-ring (bicyclic) bond motifs is 2. The number of aryl methyl sites for hydroxylation is 1. The number of carbonyl (C=O) groups excluding carboxylic acids is 2. The third-order valence-corrected chi connectivity index (χ3v) is 5.55. The van der Waals surface area contributed by atoms with E-state index in [-0.39, 0.29) is 5.75 Å². The van der Waals surface area contributed by atoms with Gasteiger partial charge in [0, 0.05) is 0 Å². The predicted octanol–water partition coefficient (Wildman–Crippen LogP) is 6.45. The Bertz CT molecular complexity index is 1550. The molecule has 0 aliphatic rings. The van der Waals surface area contributed by atoms with Crippen LogP contribution in [0.1, 0.15) is 26.3 Å². The molecular formula is C29H20O5. The van der Waals surface area contributed by atoms with Crippen LogP contribution in [0.3, 0.4) is 0 Å². The van der Waals surface area contributed by atoms with Crippen molar-refractivity contribution in [2.24, 2.45) is 0 Å². The van der Waals surface area contributed by atoms with Gasteiger partial charge in [0.1, 0.15) is 17.2 Å². The number of ether oxygens (including phenoxy) is 2. The van der Waals surface area contributed by atoms with Gasteiger partial charge in [0.15, 0.2) is 0 Å². The Morgan fingerprint density at radius 1 is 0.559 bits per heavy atom. The van der Waals surface area contributed by atoms with Crippen molar-refractivity contribution in [3.8, 4) is 17.2 Å². The zero-order chi connectivity index (χ0) is 23.7. The fourth-order valence-corrected chi connectivity index (χ4v) is 3.71. The van der Waals surface area contributed by atoms with Gasteiger partial charge >= 0.3 is 11.9 Å². The van der Waals surface area contributed by atoms with Crippen LogP contribution in [0.25, 0.3) is 21.5 Å². The van der Waals surface area contributed by atoms with Crippen LogP contribution in [0, 0.1) is 6.92 Å². The predicted molar refractivity (Wildman–Crippen MR) is 131 cm³/mol. The zero-order valence-electron chi connectivity index (χ0n) is 18.3. The average molecular weight is 448 g/mol. The highest BCUT2D eigenvalue weighted by atomic mass is 16.5. The van der Waals surface area contributed by atoms with E-state index in [1.165, 1.54) is 0 Å². The third-order valence-electron chi connectivity index (χ3n) is 5.55. The quantitative estimate of drug-likeness (QED) is 0.253. The first-order chi connectivity index (χ1) is 16.4. The number of aromatic hydroxyl groups is 1. The molecule has 0 saturated heterocycles. The zero-order valence-corrected chi connectivity index (χ0v) is 18.3. The summed E-state index contributed by atoms with van der Waals surface area (Å²) < 4.78 is 11.0. The Morgan fingerprint density at radius 3 is 1.68 bits per heavy atom. The van der Waals surface area contributed by atoms with E-state index < -0.39 is 11.9 Å². The molecule has 5 heteroatoms. The molecule has 0 bridgehead atoms. The van der Waals surface area contributed by atoms with E-state index in [1.54, 1.807) is 84.9 Å². The second kappa shape index (κ2) is 8.71. The van der Waals surface area contributed by atoms with Gasteiger partial charge in [-0.3, -0.25) is 0 Å². The lowest BCUT2D eigenvalue weighted by Gasteiger charge is -2.08. The first-order valence-electron chi connectivity index (χ1n) is 10.7. The van der Waals surface area contributed by atoms with Crippen molar-refractivity contribution in [1.82, 2.24) is 0 Å². The summed E-state index contributed by atoms with van der Waals surface area (Å²) >= 11 is 0. The Balaban J connectivity index is 1.33. The van der Waals surface area contributed by atoms with E-state index in [1.807, 2.05) is 19.1 Å². The number of hydrogen-bond acceptors (Lipinski definition) is 5. The van der Waals surface area contributed by atoms with Crippen molar-refractivity contribution in [2.75, 3.05) is 0 Å². The number of phenolic OH excluding ortho intramolecular Hbond substituents is 1. The van der Waals surface area contributed by atoms with Crippen LogP contribution in [0.2, 0.25) is 0 Å². The maximum atomic E-state index is 12.7. The smallest absolute Gasteiger partial charge is 0.343 e. The van der Waals surface area contributed by atoms with Gasteiger partial charge in [0.2, 0.25) is 0 Å². The van der Waals surface area contributed by atoms with Crippen molar-refractivity contribution in [2.45, 2.75) is 6.92 Å². The first kappa shape index (κ1) is 21.2. The molecule has 34 heavy (non-hydrogen) atoms. The van der Waals surface area contributed by atoms with E-state index in [4.69, 9.17) is 9.47 Å². The van der Waals surface area contributed by atoms with Crippen LogP contribution in [0.5, 0.6) is 17.2 Å². The number of hydrogen-bond donors (Lipinski definition) is 1. The maximum Gasteiger partial charge on any atom is 0.343 e. The molecule has 0 unspecified atom stereocenters. The Morgan fingerprint density at radius 2 is 1.03 bits per heavy atom. The lowest BCUT2D eigenvalue weighted by Crippen LogP contribution is -2.09. The van der Waals surface area contributed by atoms with Gasteiger partial charge in [-0.1, -0.05) is 42.0 Å². The summed E-state index contributed by atoms with van der Waals surface area (Å²) in [5.41, 5.74) is 1.93. The molecule has 0 heterocycles. The van der Waals surface area contributed by atoms with Gasteiger partial charge in [-0.2, -0.15) is 0 Å². The highest BCUT2D eigenvalue weighted by molar-refractivity contribution is 5.98. The van der Waals surface area contributed by atoms with Crippen LogP contribution in [0.4, 0.5) is 0 Å². The van der Waals surface area contributed by atoms with Gasteiger partial charge in [-0.05, 0) is 89.1 Å². The second-order valence-electron chi connectivity index (χ2n) is 8.06. The SMILES string of the molecule is Cc1ccc(OC(=O)c2ccc3cc(OC(=O)c4ccc5cc(O)ccc5c4)ccc3c2)cc1. The van der Waals surface area contributed by atoms with Gasteiger partial charge < -0.3 is 14.6 Å². The first-order valence-corrected chi connectivity index (χ1v) is 10.7. The number of benzene rings is 5. The van der Waals surface area contributed by atoms with Crippen LogP contribution in [-0.4, -0.2) is 17.0 Å². The van der Waals surface area contributed by atoms with Crippen molar-refractivity contribution in [3.05, 3.63) is 114 Å². The fourth-order valence-electron chi connectivity index (χ4n) is 3.71. The van der Waals surface area contributed by atoms with E-state index >= 15 is 0 Å². The largest absolute Gasteiger partial charge is 0.508 e. The minimum absolute atomic E-state index is 0.172. The van der Waals surface area contributed by atoms with Crippen molar-refractivity contribution >= 4 is 33.5 Å². The molecule has 1 N–H and O–H groups in total. The van der Waals surface area contributed by atoms with E-state index in [9.17, 15) is 14.7 Å². The fraction of sp³-hybridized carbons (Fsp3) is 0.0345. The summed E-state index contributed by atoms with van der Waals surface area (Å²) in [5.74, 6) is 0.144. The molecule has 0 radical (unpaired) electrons. The monoisotopic (exact) mass is 448 g/mol. The molecule has 0 aliphatic carbocycles. The summed E-state index contributed by atoms with van der Waals surface area (Å²) in [7, 11) is 0. The molecule has 5 aromatic carbocycles. The molecule has 5 nitrogen and oxygen atoms in total. The normalized spacial score (nSPS) is 10.9. The summed E-state index contributed by atoms with van der Waals surface area (Å²) in [6.45, 7) is 1.97. The molecule has 0 saturated carbocycles. The molecule has 166 valence electrons. The van der Waals surface area contributed by atoms with Crippen LogP contribution in [-0.2, 0) is 0 Å². The summed E-state index contributed by atoms with van der Waals surface area (Å²) in [6, 6.07) is 27.9. The van der Waals surface area contributed by atoms with E-state index in [0.29, 0.717) is 22.6 Å². The standard InChI is InChI=1S/C29H20O5/c1-18-2-11-26(12-3-18)33-28(31)23-7-5-22-17-27(13-9-20(22)15-23)34-29(32)24-6-4-21-16-25(30)10-8-19(21)14-24/h2-17,30H,1H3. The minimum Gasteiger partial charge on any atom is -0.508 e. The lowest BCUT2D eigenvalue weighted by molar-refractivity contribution is 0.0726. The Labute approximate surface area is 195 Å². The van der Waals surface area contributed by atoms with Gasteiger partial charge in [-0.25, -0.2) is 9.59 Å². The molecule has 5 rings (SSSR count). The molecule has 0 amide bonds. The Hall–Kier alpha value is -4.64. The summed E-state index contributed by atoms with van der Waals surface area (Å²) in [6.07, 6.45) is 0. The highest BCUT2D eigenvalue weighted by Crippen LogP contribution is 2.25. The molecular weight excluding hydrogens is 428 g/mol. The van der Waals surface area contributed by atoms with Gasteiger partial charge in [0.25, 0.3) is 0 Å². The third kappa shape index (κ3) is 4.45. The van der Waals surface area contributed by atoms with E-state index in [2.05, 4.69) is 0 Å². The highest BCUT2D eigenvalue weighted by Gasteiger charge is 2.12. The summed E-state index contributed by atoms with van der Waals surface area (Å²) in [4.78, 5) is 25.2. The molecule has 5 aromatic rings. The maximum absolute atomic E-state index is 12.7.